The van der Waals surface area contributed by atoms with Crippen LogP contribution < -0.4 is 4.74 Å². The molecule has 5 nitrogen and oxygen atoms in total. The Morgan fingerprint density at radius 1 is 0.848 bits per heavy atom. The normalized spacial score (nSPS) is 11.8. The van der Waals surface area contributed by atoms with Crippen molar-refractivity contribution in [3.8, 4) is 16.9 Å². The summed E-state index contributed by atoms with van der Waals surface area (Å²) in [6.07, 6.45) is 15.1. The summed E-state index contributed by atoms with van der Waals surface area (Å²) < 4.78 is 11.1. The molecule has 0 saturated carbocycles. The maximum absolute atomic E-state index is 12.2. The van der Waals surface area contributed by atoms with Crippen molar-refractivity contribution in [2.45, 2.75) is 96.2 Å². The van der Waals surface area contributed by atoms with Crippen molar-refractivity contribution in [2.75, 3.05) is 12.4 Å². The minimum absolute atomic E-state index is 0.316. The molecule has 6 heteroatoms. The van der Waals surface area contributed by atoms with E-state index >= 15 is 0 Å². The van der Waals surface area contributed by atoms with Gasteiger partial charge in [0, 0.05) is 23.7 Å². The van der Waals surface area contributed by atoms with Crippen LogP contribution in [0.1, 0.15) is 85.0 Å². The van der Waals surface area contributed by atoms with E-state index in [1.54, 1.807) is 18.7 Å². The maximum atomic E-state index is 12.2. The molecule has 33 heavy (non-hydrogen) atoms. The van der Waals surface area contributed by atoms with Crippen LogP contribution in [0.5, 0.6) is 5.75 Å². The maximum Gasteiger partial charge on any atom is 0.347 e. The molecule has 0 fully saturated rings. The third-order valence-electron chi connectivity index (χ3n) is 5.43. The van der Waals surface area contributed by atoms with E-state index < -0.39 is 6.10 Å². The zero-order valence-electron chi connectivity index (χ0n) is 20.6. The van der Waals surface area contributed by atoms with Gasteiger partial charge in [0.1, 0.15) is 5.75 Å². The molecule has 0 radical (unpaired) electrons. The Kier molecular flexibility index (Phi) is 13.6. The summed E-state index contributed by atoms with van der Waals surface area (Å²) in [5.74, 6) is 1.39. The zero-order chi connectivity index (χ0) is 23.7. The lowest BCUT2D eigenvalue weighted by Crippen LogP contribution is -2.26. The number of aromatic nitrogens is 2. The summed E-state index contributed by atoms with van der Waals surface area (Å²) in [6.45, 7) is 6.62. The first-order valence-corrected chi connectivity index (χ1v) is 13.5. The lowest BCUT2D eigenvalue weighted by molar-refractivity contribution is -0.151. The lowest BCUT2D eigenvalue weighted by atomic mass is 10.1. The van der Waals surface area contributed by atoms with Gasteiger partial charge in [-0.25, -0.2) is 14.8 Å². The summed E-state index contributed by atoms with van der Waals surface area (Å²) in [4.78, 5) is 21.1. The molecule has 1 heterocycles. The number of nitrogens with zero attached hydrogens (tertiary/aromatic N) is 2. The van der Waals surface area contributed by atoms with Crippen LogP contribution in [0.3, 0.4) is 0 Å². The van der Waals surface area contributed by atoms with Gasteiger partial charge in [-0.15, -0.1) is 0 Å². The number of esters is 1. The number of hydrogen-bond acceptors (Lipinski definition) is 6. The van der Waals surface area contributed by atoms with Crippen LogP contribution in [0.25, 0.3) is 11.1 Å². The molecule has 0 spiro atoms. The van der Waals surface area contributed by atoms with Gasteiger partial charge in [-0.3, -0.25) is 0 Å². The number of thioether (sulfide) groups is 1. The first-order chi connectivity index (χ1) is 16.1. The number of rotatable bonds is 17. The fourth-order valence-electron chi connectivity index (χ4n) is 3.38. The second kappa shape index (κ2) is 16.5. The fraction of sp³-hybridized carbons (Fsp3) is 0.593. The number of unbranched alkanes of at least 4 members (excludes halogenated alkanes) is 8. The molecule has 0 amide bonds. The van der Waals surface area contributed by atoms with Gasteiger partial charge in [-0.05, 0) is 37.5 Å². The molecule has 2 aromatic rings. The van der Waals surface area contributed by atoms with Gasteiger partial charge < -0.3 is 9.47 Å². The molecule has 182 valence electrons. The van der Waals surface area contributed by atoms with E-state index in [2.05, 4.69) is 23.8 Å². The molecule has 2 rings (SSSR count). The Morgan fingerprint density at radius 3 is 2.12 bits per heavy atom. The van der Waals surface area contributed by atoms with Crippen molar-refractivity contribution in [3.63, 3.8) is 0 Å². The summed E-state index contributed by atoms with van der Waals surface area (Å²) in [5.41, 5.74) is 1.98. The minimum atomic E-state index is -0.632. The van der Waals surface area contributed by atoms with E-state index in [9.17, 15) is 4.79 Å². The molecule has 0 unspecified atom stereocenters. The van der Waals surface area contributed by atoms with Gasteiger partial charge in [0.05, 0.1) is 6.61 Å². The molecular weight excluding hydrogens is 432 g/mol. The molecule has 0 aliphatic rings. The fourth-order valence-corrected chi connectivity index (χ4v) is 4.17. The lowest BCUT2D eigenvalue weighted by Gasteiger charge is -2.14. The van der Waals surface area contributed by atoms with E-state index in [1.165, 1.54) is 51.4 Å². The van der Waals surface area contributed by atoms with Crippen LogP contribution in [0.4, 0.5) is 0 Å². The van der Waals surface area contributed by atoms with Crippen molar-refractivity contribution in [3.05, 3.63) is 36.7 Å². The van der Waals surface area contributed by atoms with Crippen LogP contribution in [-0.4, -0.2) is 34.4 Å². The highest BCUT2D eigenvalue weighted by Gasteiger charge is 2.16. The largest absolute Gasteiger partial charge is 0.479 e. The topological polar surface area (TPSA) is 61.3 Å². The number of benzene rings is 1. The highest BCUT2D eigenvalue weighted by Crippen LogP contribution is 2.24. The first-order valence-electron chi connectivity index (χ1n) is 12.5. The summed E-state index contributed by atoms with van der Waals surface area (Å²) in [6, 6.07) is 7.65. The molecule has 0 aliphatic carbocycles. The van der Waals surface area contributed by atoms with Crippen molar-refractivity contribution in [1.82, 2.24) is 9.97 Å². The van der Waals surface area contributed by atoms with Gasteiger partial charge >= 0.3 is 5.97 Å². The number of hydrogen-bond donors (Lipinski definition) is 0. The van der Waals surface area contributed by atoms with Crippen LogP contribution >= 0.6 is 11.8 Å². The Hall–Kier alpha value is -2.08. The van der Waals surface area contributed by atoms with E-state index in [4.69, 9.17) is 9.47 Å². The summed E-state index contributed by atoms with van der Waals surface area (Å²) in [5, 5.41) is 0.823. The van der Waals surface area contributed by atoms with E-state index in [0.29, 0.717) is 12.4 Å². The predicted molar refractivity (Wildman–Crippen MR) is 137 cm³/mol. The van der Waals surface area contributed by atoms with Crippen molar-refractivity contribution >= 4 is 17.7 Å². The zero-order valence-corrected chi connectivity index (χ0v) is 21.4. The number of carbonyl (C=O) groups is 1. The smallest absolute Gasteiger partial charge is 0.347 e. The summed E-state index contributed by atoms with van der Waals surface area (Å²) in [7, 11) is 0. The SMILES string of the molecule is CCCCCCCCOC(=O)[C@@H](C)Oc1ccc(-c2cnc(SCCCCCC)nc2)cc1. The Balaban J connectivity index is 1.72. The van der Waals surface area contributed by atoms with Gasteiger partial charge in [0.25, 0.3) is 0 Å². The third-order valence-corrected chi connectivity index (χ3v) is 6.39. The number of carbonyl (C=O) groups excluding carboxylic acids is 1. The second-order valence-electron chi connectivity index (χ2n) is 8.38. The highest BCUT2D eigenvalue weighted by molar-refractivity contribution is 7.99. The molecule has 1 aromatic carbocycles. The average Bonchev–Trinajstić information content (AvgIpc) is 2.84. The second-order valence-corrected chi connectivity index (χ2v) is 9.45. The summed E-state index contributed by atoms with van der Waals surface area (Å²) >= 11 is 1.71. The molecule has 1 aromatic heterocycles. The average molecular weight is 473 g/mol. The Morgan fingerprint density at radius 2 is 1.45 bits per heavy atom. The monoisotopic (exact) mass is 472 g/mol. The van der Waals surface area contributed by atoms with E-state index in [0.717, 1.165) is 34.9 Å². The number of ether oxygens (including phenoxy) is 2. The van der Waals surface area contributed by atoms with Crippen LogP contribution in [-0.2, 0) is 9.53 Å². The van der Waals surface area contributed by atoms with Crippen LogP contribution in [0, 0.1) is 0 Å². The van der Waals surface area contributed by atoms with Crippen molar-refractivity contribution < 1.29 is 14.3 Å². The molecule has 0 aliphatic heterocycles. The minimum Gasteiger partial charge on any atom is -0.479 e. The third kappa shape index (κ3) is 11.1. The molecule has 0 bridgehead atoms. The first kappa shape index (κ1) is 27.2. The van der Waals surface area contributed by atoms with Gasteiger partial charge in [-0.2, -0.15) is 0 Å². The van der Waals surface area contributed by atoms with Crippen LogP contribution in [0.15, 0.2) is 41.8 Å². The van der Waals surface area contributed by atoms with Gasteiger partial charge in [0.2, 0.25) is 0 Å². The van der Waals surface area contributed by atoms with Gasteiger partial charge in [0.15, 0.2) is 11.3 Å². The van der Waals surface area contributed by atoms with Crippen LogP contribution in [0.2, 0.25) is 0 Å². The standard InChI is InChI=1S/C27H40N2O3S/c1-4-6-8-10-11-12-18-31-26(30)22(3)32-25-16-14-23(15-17-25)24-20-28-27(29-21-24)33-19-13-9-7-5-2/h14-17,20-22H,4-13,18-19H2,1-3H3/t22-/m1/s1. The van der Waals surface area contributed by atoms with Crippen molar-refractivity contribution in [2.24, 2.45) is 0 Å². The molecule has 0 saturated heterocycles. The Bertz CT molecular complexity index is 781. The molecular formula is C27H40N2O3S. The van der Waals surface area contributed by atoms with Crippen molar-refractivity contribution in [1.29, 1.82) is 0 Å². The van der Waals surface area contributed by atoms with E-state index in [1.807, 2.05) is 36.7 Å². The predicted octanol–water partition coefficient (Wildman–Crippen LogP) is 7.49. The highest BCUT2D eigenvalue weighted by atomic mass is 32.2. The quantitative estimate of drug-likeness (QED) is 0.103. The van der Waals surface area contributed by atoms with E-state index in [-0.39, 0.29) is 5.97 Å². The Labute approximate surface area is 204 Å². The molecule has 0 N–H and O–H groups in total. The molecule has 1 atom stereocenters. The van der Waals surface area contributed by atoms with Gasteiger partial charge in [-0.1, -0.05) is 89.1 Å².